The van der Waals surface area contributed by atoms with E-state index in [1.54, 1.807) is 23.7 Å². The normalized spacial score (nSPS) is 10.2. The van der Waals surface area contributed by atoms with Gasteiger partial charge in [-0.2, -0.15) is 0 Å². The van der Waals surface area contributed by atoms with E-state index in [1.165, 1.54) is 30.6 Å². The van der Waals surface area contributed by atoms with Crippen LogP contribution in [0.4, 0.5) is 5.69 Å². The van der Waals surface area contributed by atoms with Gasteiger partial charge in [-0.3, -0.25) is 14.6 Å². The summed E-state index contributed by atoms with van der Waals surface area (Å²) in [6.07, 6.45) is 1.64. The van der Waals surface area contributed by atoms with Gasteiger partial charge in [0.1, 0.15) is 5.01 Å². The van der Waals surface area contributed by atoms with Crippen LogP contribution >= 0.6 is 11.3 Å². The second kappa shape index (κ2) is 9.56. The van der Waals surface area contributed by atoms with Crippen LogP contribution in [0.25, 0.3) is 10.7 Å². The van der Waals surface area contributed by atoms with Crippen LogP contribution in [0, 0.1) is 0 Å². The zero-order valence-electron chi connectivity index (χ0n) is 15.5. The van der Waals surface area contributed by atoms with Gasteiger partial charge < -0.3 is 14.8 Å². The summed E-state index contributed by atoms with van der Waals surface area (Å²) in [4.78, 5) is 43.9. The molecule has 2 aromatic heterocycles. The van der Waals surface area contributed by atoms with Gasteiger partial charge in [0, 0.05) is 17.3 Å². The van der Waals surface area contributed by atoms with Crippen molar-refractivity contribution in [2.75, 3.05) is 19.0 Å². The van der Waals surface area contributed by atoms with Crippen molar-refractivity contribution in [3.63, 3.8) is 0 Å². The van der Waals surface area contributed by atoms with E-state index in [1.807, 2.05) is 18.2 Å². The summed E-state index contributed by atoms with van der Waals surface area (Å²) < 4.78 is 9.60. The van der Waals surface area contributed by atoms with Gasteiger partial charge in [-0.15, -0.1) is 11.3 Å². The highest BCUT2D eigenvalue weighted by molar-refractivity contribution is 7.13. The number of amides is 1. The first-order chi connectivity index (χ1) is 14.0. The summed E-state index contributed by atoms with van der Waals surface area (Å²) in [7, 11) is 1.29. The predicted octanol–water partition coefficient (Wildman–Crippen LogP) is 2.72. The zero-order valence-corrected chi connectivity index (χ0v) is 16.3. The lowest BCUT2D eigenvalue weighted by atomic mass is 10.2. The summed E-state index contributed by atoms with van der Waals surface area (Å²) in [5, 5.41) is 5.05. The van der Waals surface area contributed by atoms with Crippen molar-refractivity contribution in [2.45, 2.75) is 6.42 Å². The molecular weight excluding hydrogens is 394 g/mol. The number of carbonyl (C=O) groups is 3. The van der Waals surface area contributed by atoms with Gasteiger partial charge in [-0.05, 0) is 36.4 Å². The van der Waals surface area contributed by atoms with Gasteiger partial charge in [0.2, 0.25) is 0 Å². The molecule has 2 heterocycles. The van der Waals surface area contributed by atoms with Crippen LogP contribution in [0.1, 0.15) is 16.1 Å². The topological polar surface area (TPSA) is 107 Å². The number of nitrogens with one attached hydrogen (secondary N) is 1. The maximum atomic E-state index is 12.0. The number of esters is 2. The molecule has 0 saturated carbocycles. The number of hydrogen-bond acceptors (Lipinski definition) is 8. The molecule has 1 amide bonds. The van der Waals surface area contributed by atoms with Crippen LogP contribution < -0.4 is 5.32 Å². The standard InChI is InChI=1S/C20H17N3O5S/c1-27-20(26)13-5-7-14(8-6-13)22-17(24)11-28-18(25)10-15-12-29-19(23-15)16-4-2-3-9-21-16/h2-9,12H,10-11H2,1H3,(H,22,24). The summed E-state index contributed by atoms with van der Waals surface area (Å²) in [6.45, 7) is -0.422. The number of pyridine rings is 1. The molecule has 0 unspecified atom stereocenters. The smallest absolute Gasteiger partial charge is 0.337 e. The van der Waals surface area contributed by atoms with Crippen LogP contribution in [0.2, 0.25) is 0 Å². The zero-order chi connectivity index (χ0) is 20.6. The number of methoxy groups -OCH3 is 1. The molecule has 0 saturated heterocycles. The maximum absolute atomic E-state index is 12.0. The number of rotatable bonds is 7. The Morgan fingerprint density at radius 2 is 1.90 bits per heavy atom. The maximum Gasteiger partial charge on any atom is 0.337 e. The molecule has 3 aromatic rings. The molecule has 0 aliphatic carbocycles. The van der Waals surface area contributed by atoms with E-state index in [9.17, 15) is 14.4 Å². The molecule has 29 heavy (non-hydrogen) atoms. The molecule has 0 fully saturated rings. The first-order valence-electron chi connectivity index (χ1n) is 8.55. The van der Waals surface area contributed by atoms with Crippen molar-refractivity contribution in [3.8, 4) is 10.7 Å². The molecule has 1 N–H and O–H groups in total. The van der Waals surface area contributed by atoms with Crippen molar-refractivity contribution in [1.82, 2.24) is 9.97 Å². The monoisotopic (exact) mass is 411 g/mol. The fourth-order valence-corrected chi connectivity index (χ4v) is 3.14. The molecule has 0 bridgehead atoms. The Morgan fingerprint density at radius 1 is 1.10 bits per heavy atom. The first-order valence-corrected chi connectivity index (χ1v) is 9.43. The Hall–Kier alpha value is -3.59. The molecular formula is C20H17N3O5S. The SMILES string of the molecule is COC(=O)c1ccc(NC(=O)COC(=O)Cc2csc(-c3ccccn3)n2)cc1. The third kappa shape index (κ3) is 5.69. The van der Waals surface area contributed by atoms with Crippen molar-refractivity contribution >= 4 is 34.9 Å². The molecule has 0 spiro atoms. The highest BCUT2D eigenvalue weighted by atomic mass is 32.1. The fourth-order valence-electron chi connectivity index (χ4n) is 2.34. The van der Waals surface area contributed by atoms with Crippen LogP contribution in [-0.2, 0) is 25.5 Å². The van der Waals surface area contributed by atoms with Crippen molar-refractivity contribution in [2.24, 2.45) is 0 Å². The molecule has 0 aliphatic heterocycles. The van der Waals surface area contributed by atoms with Gasteiger partial charge in [0.15, 0.2) is 6.61 Å². The number of nitrogens with zero attached hydrogens (tertiary/aromatic N) is 2. The summed E-state index contributed by atoms with van der Waals surface area (Å²) >= 11 is 1.38. The van der Waals surface area contributed by atoms with E-state index < -0.39 is 24.5 Å². The molecule has 8 nitrogen and oxygen atoms in total. The number of benzene rings is 1. The second-order valence-corrected chi connectivity index (χ2v) is 6.67. The Kier molecular flexibility index (Phi) is 6.64. The molecule has 9 heteroatoms. The van der Waals surface area contributed by atoms with E-state index in [-0.39, 0.29) is 6.42 Å². The van der Waals surface area contributed by atoms with Gasteiger partial charge in [-0.1, -0.05) is 6.07 Å². The lowest BCUT2D eigenvalue weighted by Gasteiger charge is -2.07. The van der Waals surface area contributed by atoms with Gasteiger partial charge in [-0.25, -0.2) is 9.78 Å². The third-order valence-corrected chi connectivity index (χ3v) is 4.63. The molecule has 1 aromatic carbocycles. The minimum absolute atomic E-state index is 0.0373. The number of anilines is 1. The van der Waals surface area contributed by atoms with Crippen LogP contribution in [0.3, 0.4) is 0 Å². The first kappa shape index (κ1) is 20.2. The van der Waals surface area contributed by atoms with Crippen LogP contribution in [-0.4, -0.2) is 41.5 Å². The average molecular weight is 411 g/mol. The quantitative estimate of drug-likeness (QED) is 0.596. The van der Waals surface area contributed by atoms with E-state index in [0.29, 0.717) is 22.0 Å². The average Bonchev–Trinajstić information content (AvgIpc) is 3.21. The lowest BCUT2D eigenvalue weighted by Crippen LogP contribution is -2.21. The molecule has 148 valence electrons. The highest BCUT2D eigenvalue weighted by Crippen LogP contribution is 2.21. The summed E-state index contributed by atoms with van der Waals surface area (Å²) in [5.74, 6) is -1.51. The Labute approximate surface area is 170 Å². The van der Waals surface area contributed by atoms with Gasteiger partial charge in [0.25, 0.3) is 5.91 Å². The van der Waals surface area contributed by atoms with Crippen LogP contribution in [0.5, 0.6) is 0 Å². The Balaban J connectivity index is 1.46. The second-order valence-electron chi connectivity index (χ2n) is 5.81. The fraction of sp³-hybridized carbons (Fsp3) is 0.150. The van der Waals surface area contributed by atoms with Gasteiger partial charge in [0.05, 0.1) is 30.5 Å². The molecule has 0 aliphatic rings. The minimum atomic E-state index is -0.556. The number of ether oxygens (including phenoxy) is 2. The van der Waals surface area contributed by atoms with E-state index in [0.717, 1.165) is 5.69 Å². The lowest BCUT2D eigenvalue weighted by molar-refractivity contribution is -0.146. The third-order valence-electron chi connectivity index (χ3n) is 3.72. The number of hydrogen-bond donors (Lipinski definition) is 1. The Morgan fingerprint density at radius 3 is 2.59 bits per heavy atom. The summed E-state index contributed by atoms with van der Waals surface area (Å²) in [5.41, 5.74) is 2.12. The van der Waals surface area contributed by atoms with Crippen molar-refractivity contribution in [3.05, 3.63) is 65.3 Å². The molecule has 0 radical (unpaired) electrons. The highest BCUT2D eigenvalue weighted by Gasteiger charge is 2.13. The minimum Gasteiger partial charge on any atom is -0.465 e. The van der Waals surface area contributed by atoms with Crippen LogP contribution in [0.15, 0.2) is 54.0 Å². The number of aromatic nitrogens is 2. The summed E-state index contributed by atoms with van der Waals surface area (Å²) in [6, 6.07) is 11.7. The number of carbonyl (C=O) groups excluding carboxylic acids is 3. The van der Waals surface area contributed by atoms with E-state index in [2.05, 4.69) is 20.0 Å². The Bertz CT molecular complexity index is 1000. The van der Waals surface area contributed by atoms with E-state index in [4.69, 9.17) is 4.74 Å². The largest absolute Gasteiger partial charge is 0.465 e. The van der Waals surface area contributed by atoms with Crippen molar-refractivity contribution < 1.29 is 23.9 Å². The molecule has 3 rings (SSSR count). The predicted molar refractivity (Wildman–Crippen MR) is 106 cm³/mol. The van der Waals surface area contributed by atoms with Crippen molar-refractivity contribution in [1.29, 1.82) is 0 Å². The van der Waals surface area contributed by atoms with E-state index >= 15 is 0 Å². The number of thiazole rings is 1. The molecule has 0 atom stereocenters. The van der Waals surface area contributed by atoms with Gasteiger partial charge >= 0.3 is 11.9 Å².